The Labute approximate surface area is 109 Å². The number of hydrogen-bond acceptors (Lipinski definition) is 3. The lowest BCUT2D eigenvalue weighted by Gasteiger charge is -2.04. The van der Waals surface area contributed by atoms with Gasteiger partial charge in [-0.25, -0.2) is 4.79 Å². The molecule has 0 saturated heterocycles. The molecule has 0 bridgehead atoms. The first-order valence-corrected chi connectivity index (χ1v) is 6.41. The summed E-state index contributed by atoms with van der Waals surface area (Å²) in [5, 5.41) is 13.3. The van der Waals surface area contributed by atoms with E-state index in [2.05, 4.69) is 11.7 Å². The first-order chi connectivity index (χ1) is 8.58. The van der Waals surface area contributed by atoms with E-state index < -0.39 is 5.97 Å². The second kappa shape index (κ2) is 4.78. The minimum Gasteiger partial charge on any atom is -0.477 e. The van der Waals surface area contributed by atoms with Crippen molar-refractivity contribution in [2.24, 2.45) is 7.05 Å². The Balaban J connectivity index is 2.65. The van der Waals surface area contributed by atoms with Gasteiger partial charge < -0.3 is 5.11 Å². The number of aromatic nitrogens is 2. The summed E-state index contributed by atoms with van der Waals surface area (Å²) in [6.45, 7) is 5.78. The largest absolute Gasteiger partial charge is 0.477 e. The highest BCUT2D eigenvalue weighted by molar-refractivity contribution is 7.14. The molecule has 0 saturated carbocycles. The Bertz CT molecular complexity index is 611. The summed E-state index contributed by atoms with van der Waals surface area (Å²) in [5.41, 5.74) is 2.78. The Hall–Kier alpha value is -1.88. The van der Waals surface area contributed by atoms with E-state index in [0.29, 0.717) is 4.88 Å². The minimum absolute atomic E-state index is 0.359. The van der Waals surface area contributed by atoms with Crippen molar-refractivity contribution < 1.29 is 9.90 Å². The fraction of sp³-hybridized carbons (Fsp3) is 0.231. The smallest absolute Gasteiger partial charge is 0.345 e. The zero-order valence-electron chi connectivity index (χ0n) is 10.3. The predicted molar refractivity (Wildman–Crippen MR) is 72.9 cm³/mol. The molecule has 0 atom stereocenters. The molecule has 5 heteroatoms. The number of aryl methyl sites for hydroxylation is 2. The van der Waals surface area contributed by atoms with E-state index in [-0.39, 0.29) is 0 Å². The van der Waals surface area contributed by atoms with Gasteiger partial charge in [0.2, 0.25) is 0 Å². The second-order valence-corrected chi connectivity index (χ2v) is 5.02. The van der Waals surface area contributed by atoms with Gasteiger partial charge in [-0.1, -0.05) is 19.6 Å². The predicted octanol–water partition coefficient (Wildman–Crippen LogP) is 3.05. The lowest BCUT2D eigenvalue weighted by atomic mass is 10.1. The van der Waals surface area contributed by atoms with Gasteiger partial charge in [0.25, 0.3) is 0 Å². The van der Waals surface area contributed by atoms with Gasteiger partial charge in [-0.2, -0.15) is 5.10 Å². The van der Waals surface area contributed by atoms with Crippen molar-refractivity contribution >= 4 is 23.4 Å². The number of rotatable bonds is 4. The van der Waals surface area contributed by atoms with Crippen molar-refractivity contribution in [2.75, 3.05) is 0 Å². The lowest BCUT2D eigenvalue weighted by molar-refractivity contribution is 0.0702. The van der Waals surface area contributed by atoms with Crippen LogP contribution in [-0.4, -0.2) is 20.9 Å². The summed E-state index contributed by atoms with van der Waals surface area (Å²) in [4.78, 5) is 12.5. The van der Waals surface area contributed by atoms with E-state index in [1.54, 1.807) is 23.0 Å². The number of hydrogen-bond donors (Lipinski definition) is 1. The summed E-state index contributed by atoms with van der Waals surface area (Å²) in [6.07, 6.45) is 4.27. The van der Waals surface area contributed by atoms with E-state index in [9.17, 15) is 4.79 Å². The molecule has 18 heavy (non-hydrogen) atoms. The van der Waals surface area contributed by atoms with Gasteiger partial charge in [0.15, 0.2) is 0 Å². The zero-order valence-corrected chi connectivity index (χ0v) is 11.1. The molecule has 2 aromatic heterocycles. The van der Waals surface area contributed by atoms with Crippen LogP contribution < -0.4 is 0 Å². The molecular weight excluding hydrogens is 248 g/mol. The highest BCUT2D eigenvalue weighted by atomic mass is 32.1. The van der Waals surface area contributed by atoms with Crippen molar-refractivity contribution in [3.05, 3.63) is 34.2 Å². The molecule has 94 valence electrons. The first kappa shape index (κ1) is 12.6. The fourth-order valence-electron chi connectivity index (χ4n) is 1.93. The number of thiophene rings is 1. The molecule has 0 unspecified atom stereocenters. The summed E-state index contributed by atoms with van der Waals surface area (Å²) < 4.78 is 1.75. The summed E-state index contributed by atoms with van der Waals surface area (Å²) in [5.74, 6) is -0.886. The van der Waals surface area contributed by atoms with Crippen molar-refractivity contribution in [3.63, 3.8) is 0 Å². The van der Waals surface area contributed by atoms with Crippen LogP contribution in [-0.2, 0) is 13.5 Å². The molecule has 0 fully saturated rings. The topological polar surface area (TPSA) is 55.1 Å². The number of aromatic carboxylic acids is 1. The molecule has 2 heterocycles. The normalized spacial score (nSPS) is 10.6. The third kappa shape index (κ3) is 1.97. The van der Waals surface area contributed by atoms with Crippen molar-refractivity contribution in [2.45, 2.75) is 13.3 Å². The third-order valence-corrected chi connectivity index (χ3v) is 4.05. The SMILES string of the molecule is C=Cc1cnn(C)c1-c1cc(C(=O)O)sc1CC. The Morgan fingerprint density at radius 1 is 1.67 bits per heavy atom. The maximum Gasteiger partial charge on any atom is 0.345 e. The fourth-order valence-corrected chi connectivity index (χ4v) is 2.87. The molecule has 4 nitrogen and oxygen atoms in total. The van der Waals surface area contributed by atoms with E-state index in [0.717, 1.165) is 28.1 Å². The van der Waals surface area contributed by atoms with Crippen molar-refractivity contribution in [1.82, 2.24) is 9.78 Å². The maximum absolute atomic E-state index is 11.1. The number of carboxylic acids is 1. The molecule has 2 aromatic rings. The van der Waals surface area contributed by atoms with Crippen LogP contribution in [0.1, 0.15) is 27.0 Å². The standard InChI is InChI=1S/C13H14N2O2S/c1-4-8-7-14-15(3)12(8)9-6-11(13(16)17)18-10(9)5-2/h4,6-7H,1,5H2,2-3H3,(H,16,17). The number of carboxylic acid groups (broad SMARTS) is 1. The summed E-state index contributed by atoms with van der Waals surface area (Å²) in [6, 6.07) is 1.72. The quantitative estimate of drug-likeness (QED) is 0.921. The van der Waals surface area contributed by atoms with Crippen LogP contribution in [0.4, 0.5) is 0 Å². The van der Waals surface area contributed by atoms with Gasteiger partial charge in [0.05, 0.1) is 11.9 Å². The highest BCUT2D eigenvalue weighted by Gasteiger charge is 2.18. The lowest BCUT2D eigenvalue weighted by Crippen LogP contribution is -1.95. The molecule has 0 aliphatic carbocycles. The molecular formula is C13H14N2O2S. The Morgan fingerprint density at radius 2 is 2.39 bits per heavy atom. The van der Waals surface area contributed by atoms with Gasteiger partial charge >= 0.3 is 5.97 Å². The average molecular weight is 262 g/mol. The van der Waals surface area contributed by atoms with E-state index in [4.69, 9.17) is 5.11 Å². The van der Waals surface area contributed by atoms with Crippen molar-refractivity contribution in [3.8, 4) is 11.3 Å². The third-order valence-electron chi connectivity index (χ3n) is 2.78. The van der Waals surface area contributed by atoms with Gasteiger partial charge in [0, 0.05) is 23.1 Å². The Morgan fingerprint density at radius 3 is 2.94 bits per heavy atom. The Kier molecular flexibility index (Phi) is 3.34. The number of nitrogens with zero attached hydrogens (tertiary/aromatic N) is 2. The number of carbonyl (C=O) groups is 1. The molecule has 0 aromatic carbocycles. The zero-order chi connectivity index (χ0) is 13.3. The van der Waals surface area contributed by atoms with Crippen LogP contribution in [0.3, 0.4) is 0 Å². The minimum atomic E-state index is -0.886. The van der Waals surface area contributed by atoms with Crippen LogP contribution >= 0.6 is 11.3 Å². The van der Waals surface area contributed by atoms with Crippen LogP contribution in [0.15, 0.2) is 18.8 Å². The molecule has 0 radical (unpaired) electrons. The van der Waals surface area contributed by atoms with Gasteiger partial charge in [-0.05, 0) is 12.5 Å². The molecule has 1 N–H and O–H groups in total. The van der Waals surface area contributed by atoms with E-state index >= 15 is 0 Å². The second-order valence-electron chi connectivity index (χ2n) is 3.88. The molecule has 0 amide bonds. The highest BCUT2D eigenvalue weighted by Crippen LogP contribution is 2.34. The maximum atomic E-state index is 11.1. The van der Waals surface area contributed by atoms with Crippen LogP contribution in [0.2, 0.25) is 0 Å². The van der Waals surface area contributed by atoms with Crippen LogP contribution in [0.5, 0.6) is 0 Å². The molecule has 0 aliphatic rings. The van der Waals surface area contributed by atoms with Gasteiger partial charge in [0.1, 0.15) is 4.88 Å². The van der Waals surface area contributed by atoms with Crippen LogP contribution in [0.25, 0.3) is 17.3 Å². The van der Waals surface area contributed by atoms with E-state index in [1.165, 1.54) is 11.3 Å². The van der Waals surface area contributed by atoms with Crippen molar-refractivity contribution in [1.29, 1.82) is 0 Å². The van der Waals surface area contributed by atoms with Crippen LogP contribution in [0, 0.1) is 0 Å². The van der Waals surface area contributed by atoms with E-state index in [1.807, 2.05) is 14.0 Å². The summed E-state index contributed by atoms with van der Waals surface area (Å²) >= 11 is 1.32. The molecule has 2 rings (SSSR count). The summed E-state index contributed by atoms with van der Waals surface area (Å²) in [7, 11) is 1.85. The van der Waals surface area contributed by atoms with Gasteiger partial charge in [-0.15, -0.1) is 11.3 Å². The molecule has 0 spiro atoms. The average Bonchev–Trinajstić information content (AvgIpc) is 2.91. The monoisotopic (exact) mass is 262 g/mol. The van der Waals surface area contributed by atoms with Gasteiger partial charge in [-0.3, -0.25) is 4.68 Å². The first-order valence-electron chi connectivity index (χ1n) is 5.59. The molecule has 0 aliphatic heterocycles.